The Labute approximate surface area is 115 Å². The number of aromatic nitrogens is 2. The summed E-state index contributed by atoms with van der Waals surface area (Å²) in [4.78, 5) is 18.2. The van der Waals surface area contributed by atoms with Crippen LogP contribution < -0.4 is 5.73 Å². The molecule has 0 aliphatic carbocycles. The summed E-state index contributed by atoms with van der Waals surface area (Å²) in [6.45, 7) is 1.94. The number of carboxylic acid groups (broad SMARTS) is 1. The quantitative estimate of drug-likeness (QED) is 0.622. The lowest BCUT2D eigenvalue weighted by molar-refractivity contribution is 0.0692. The van der Waals surface area contributed by atoms with Crippen LogP contribution in [0, 0.1) is 6.92 Å². The average Bonchev–Trinajstić information content (AvgIpc) is 2.90. The third-order valence-electron chi connectivity index (χ3n) is 3.47. The normalized spacial score (nSPS) is 10.8. The first-order valence-electron chi connectivity index (χ1n) is 6.14. The van der Waals surface area contributed by atoms with Crippen LogP contribution in [0.5, 0.6) is 0 Å². The Kier molecular flexibility index (Phi) is 2.68. The SMILES string of the molecule is Cc1c(N)cccc1-c1cnc(C(=O)O)c2[nH]ccc12. The predicted octanol–water partition coefficient (Wildman–Crippen LogP) is 2.82. The zero-order valence-corrected chi connectivity index (χ0v) is 10.8. The zero-order chi connectivity index (χ0) is 14.3. The van der Waals surface area contributed by atoms with E-state index in [-0.39, 0.29) is 5.69 Å². The first-order valence-corrected chi connectivity index (χ1v) is 6.14. The lowest BCUT2D eigenvalue weighted by atomic mass is 9.98. The Morgan fingerprint density at radius 2 is 2.10 bits per heavy atom. The highest BCUT2D eigenvalue weighted by Gasteiger charge is 2.16. The Morgan fingerprint density at radius 3 is 2.85 bits per heavy atom. The highest BCUT2D eigenvalue weighted by Crippen LogP contribution is 2.32. The fourth-order valence-electron chi connectivity index (χ4n) is 2.38. The van der Waals surface area contributed by atoms with E-state index in [0.717, 1.165) is 22.1 Å². The van der Waals surface area contributed by atoms with Gasteiger partial charge in [0.1, 0.15) is 0 Å². The molecule has 100 valence electrons. The van der Waals surface area contributed by atoms with E-state index in [4.69, 9.17) is 10.8 Å². The van der Waals surface area contributed by atoms with Crippen molar-refractivity contribution in [2.24, 2.45) is 0 Å². The second-order valence-electron chi connectivity index (χ2n) is 4.61. The number of nitrogens with zero attached hydrogens (tertiary/aromatic N) is 1. The maximum Gasteiger partial charge on any atom is 0.356 e. The van der Waals surface area contributed by atoms with Gasteiger partial charge in [-0.2, -0.15) is 0 Å². The molecule has 0 aliphatic rings. The number of benzene rings is 1. The molecule has 3 aromatic rings. The summed E-state index contributed by atoms with van der Waals surface area (Å²) < 4.78 is 0. The number of nitrogens with one attached hydrogen (secondary N) is 1. The number of aromatic amines is 1. The zero-order valence-electron chi connectivity index (χ0n) is 10.8. The number of nitrogens with two attached hydrogens (primary N) is 1. The molecule has 5 heteroatoms. The van der Waals surface area contributed by atoms with E-state index in [1.165, 1.54) is 0 Å². The van der Waals surface area contributed by atoms with Crippen molar-refractivity contribution in [1.29, 1.82) is 0 Å². The minimum atomic E-state index is -1.05. The largest absolute Gasteiger partial charge is 0.476 e. The van der Waals surface area contributed by atoms with Gasteiger partial charge >= 0.3 is 5.97 Å². The second kappa shape index (κ2) is 4.38. The van der Waals surface area contributed by atoms with Crippen molar-refractivity contribution in [3.8, 4) is 11.1 Å². The fourth-order valence-corrected chi connectivity index (χ4v) is 2.38. The Balaban J connectivity index is 2.33. The van der Waals surface area contributed by atoms with E-state index >= 15 is 0 Å². The van der Waals surface area contributed by atoms with Gasteiger partial charge in [-0.15, -0.1) is 0 Å². The van der Waals surface area contributed by atoms with Crippen LogP contribution in [0.15, 0.2) is 36.7 Å². The molecule has 2 heterocycles. The molecule has 0 amide bonds. The van der Waals surface area contributed by atoms with Gasteiger partial charge in [0.15, 0.2) is 5.69 Å². The van der Waals surface area contributed by atoms with E-state index in [9.17, 15) is 4.79 Å². The molecule has 0 saturated carbocycles. The molecule has 2 aromatic heterocycles. The van der Waals surface area contributed by atoms with Crippen molar-refractivity contribution in [2.75, 3.05) is 5.73 Å². The highest BCUT2D eigenvalue weighted by molar-refractivity contribution is 6.05. The van der Waals surface area contributed by atoms with Gasteiger partial charge in [-0.3, -0.25) is 0 Å². The fraction of sp³-hybridized carbons (Fsp3) is 0.0667. The third kappa shape index (κ3) is 1.72. The number of nitrogen functional groups attached to an aromatic ring is 1. The molecule has 5 nitrogen and oxygen atoms in total. The van der Waals surface area contributed by atoms with Gasteiger partial charge in [-0.1, -0.05) is 12.1 Å². The molecule has 0 saturated heterocycles. The van der Waals surface area contributed by atoms with Crippen LogP contribution in [0.3, 0.4) is 0 Å². The Morgan fingerprint density at radius 1 is 1.30 bits per heavy atom. The number of hydrogen-bond donors (Lipinski definition) is 3. The molecular formula is C15H13N3O2. The maximum absolute atomic E-state index is 11.2. The predicted molar refractivity (Wildman–Crippen MR) is 77.6 cm³/mol. The first-order chi connectivity index (χ1) is 9.59. The maximum atomic E-state index is 11.2. The monoisotopic (exact) mass is 267 g/mol. The molecule has 4 N–H and O–H groups in total. The topological polar surface area (TPSA) is 92.0 Å². The summed E-state index contributed by atoms with van der Waals surface area (Å²) in [5.41, 5.74) is 9.97. The second-order valence-corrected chi connectivity index (χ2v) is 4.61. The summed E-state index contributed by atoms with van der Waals surface area (Å²) in [6, 6.07) is 7.52. The minimum absolute atomic E-state index is 0.0234. The van der Waals surface area contributed by atoms with Gasteiger partial charge in [0.05, 0.1) is 5.52 Å². The van der Waals surface area contributed by atoms with Gasteiger partial charge < -0.3 is 15.8 Å². The van der Waals surface area contributed by atoms with Gasteiger partial charge in [0.2, 0.25) is 0 Å². The Bertz CT molecular complexity index is 821. The Hall–Kier alpha value is -2.82. The first kappa shape index (κ1) is 12.2. The lowest BCUT2D eigenvalue weighted by Gasteiger charge is -2.10. The molecule has 3 rings (SSSR count). The van der Waals surface area contributed by atoms with E-state index < -0.39 is 5.97 Å². The van der Waals surface area contributed by atoms with Gasteiger partial charge in [-0.05, 0) is 30.2 Å². The number of carbonyl (C=O) groups is 1. The van der Waals surface area contributed by atoms with Gasteiger partial charge in [-0.25, -0.2) is 9.78 Å². The number of hydrogen-bond acceptors (Lipinski definition) is 3. The highest BCUT2D eigenvalue weighted by atomic mass is 16.4. The molecular weight excluding hydrogens is 254 g/mol. The number of pyridine rings is 1. The van der Waals surface area contributed by atoms with Gasteiger partial charge in [0.25, 0.3) is 0 Å². The molecule has 0 aliphatic heterocycles. The van der Waals surface area contributed by atoms with Crippen molar-refractivity contribution in [3.63, 3.8) is 0 Å². The third-order valence-corrected chi connectivity index (χ3v) is 3.47. The number of fused-ring (bicyclic) bond motifs is 1. The standard InChI is InChI=1S/C15H13N3O2/c1-8-9(3-2-4-12(8)16)11-7-18-14(15(19)20)13-10(11)5-6-17-13/h2-7,17H,16H2,1H3,(H,19,20). The molecule has 0 radical (unpaired) electrons. The molecule has 0 spiro atoms. The number of H-pyrrole nitrogens is 1. The van der Waals surface area contributed by atoms with Crippen LogP contribution in [0.25, 0.3) is 22.0 Å². The summed E-state index contributed by atoms with van der Waals surface area (Å²) >= 11 is 0. The molecule has 20 heavy (non-hydrogen) atoms. The van der Waals surface area contributed by atoms with Crippen molar-refractivity contribution >= 4 is 22.6 Å². The summed E-state index contributed by atoms with van der Waals surface area (Å²) in [5, 5.41) is 9.98. The number of rotatable bonds is 2. The van der Waals surface area contributed by atoms with Gasteiger partial charge in [0, 0.05) is 29.0 Å². The van der Waals surface area contributed by atoms with Crippen molar-refractivity contribution in [1.82, 2.24) is 9.97 Å². The van der Waals surface area contributed by atoms with Crippen molar-refractivity contribution in [3.05, 3.63) is 47.9 Å². The van der Waals surface area contributed by atoms with Crippen LogP contribution in [-0.2, 0) is 0 Å². The minimum Gasteiger partial charge on any atom is -0.476 e. The molecule has 1 aromatic carbocycles. The summed E-state index contributed by atoms with van der Waals surface area (Å²) in [5.74, 6) is -1.05. The lowest BCUT2D eigenvalue weighted by Crippen LogP contribution is -2.02. The van der Waals surface area contributed by atoms with Crippen molar-refractivity contribution < 1.29 is 9.90 Å². The smallest absolute Gasteiger partial charge is 0.356 e. The van der Waals surface area contributed by atoms with Crippen LogP contribution in [-0.4, -0.2) is 21.0 Å². The summed E-state index contributed by atoms with van der Waals surface area (Å²) in [6.07, 6.45) is 3.30. The van der Waals surface area contributed by atoms with Crippen LogP contribution in [0.1, 0.15) is 16.1 Å². The number of anilines is 1. The van der Waals surface area contributed by atoms with Crippen LogP contribution in [0.2, 0.25) is 0 Å². The van der Waals surface area contributed by atoms with E-state index in [0.29, 0.717) is 11.2 Å². The number of carboxylic acids is 1. The van der Waals surface area contributed by atoms with E-state index in [1.54, 1.807) is 12.4 Å². The average molecular weight is 267 g/mol. The van der Waals surface area contributed by atoms with Crippen molar-refractivity contribution in [2.45, 2.75) is 6.92 Å². The molecule has 0 atom stereocenters. The molecule has 0 bridgehead atoms. The number of aromatic carboxylic acids is 1. The van der Waals surface area contributed by atoms with Crippen LogP contribution in [0.4, 0.5) is 5.69 Å². The molecule has 0 fully saturated rings. The van der Waals surface area contributed by atoms with Crippen LogP contribution >= 0.6 is 0 Å². The summed E-state index contributed by atoms with van der Waals surface area (Å²) in [7, 11) is 0. The van der Waals surface area contributed by atoms with E-state index in [2.05, 4.69) is 9.97 Å². The molecule has 0 unspecified atom stereocenters. The van der Waals surface area contributed by atoms with E-state index in [1.807, 2.05) is 31.2 Å².